The average Bonchev–Trinajstić information content (AvgIpc) is 2.82. The zero-order chi connectivity index (χ0) is 23.3. The third-order valence-corrected chi connectivity index (χ3v) is 7.26. The van der Waals surface area contributed by atoms with Crippen LogP contribution >= 0.6 is 0 Å². The Hall–Kier alpha value is -3.18. The van der Waals surface area contributed by atoms with E-state index in [1.165, 1.54) is 23.5 Å². The van der Waals surface area contributed by atoms with Crippen LogP contribution in [0.15, 0.2) is 47.4 Å². The van der Waals surface area contributed by atoms with Crippen molar-refractivity contribution >= 4 is 21.6 Å². The molecule has 10 nitrogen and oxygen atoms in total. The van der Waals surface area contributed by atoms with E-state index in [0.717, 1.165) is 17.4 Å². The van der Waals surface area contributed by atoms with Crippen molar-refractivity contribution in [3.8, 4) is 11.5 Å². The highest BCUT2D eigenvalue weighted by Gasteiger charge is 2.31. The first-order valence-electron chi connectivity index (χ1n) is 9.99. The highest BCUT2D eigenvalue weighted by Crippen LogP contribution is 2.30. The Balaban J connectivity index is 1.60. The number of carbonyl (C=O) groups is 1. The zero-order valence-electron chi connectivity index (χ0n) is 17.9. The quantitative estimate of drug-likeness (QED) is 0.434. The summed E-state index contributed by atoms with van der Waals surface area (Å²) in [7, 11) is -1.06. The van der Waals surface area contributed by atoms with E-state index in [9.17, 15) is 23.3 Å². The van der Waals surface area contributed by atoms with Gasteiger partial charge < -0.3 is 14.4 Å². The van der Waals surface area contributed by atoms with E-state index < -0.39 is 20.6 Å². The van der Waals surface area contributed by atoms with E-state index in [0.29, 0.717) is 12.8 Å². The number of nitro groups is 1. The van der Waals surface area contributed by atoms with Crippen LogP contribution in [0.1, 0.15) is 12.0 Å². The first kappa shape index (κ1) is 23.5. The van der Waals surface area contributed by atoms with Gasteiger partial charge in [0.15, 0.2) is 5.75 Å². The predicted molar refractivity (Wildman–Crippen MR) is 116 cm³/mol. The Morgan fingerprint density at radius 2 is 1.69 bits per heavy atom. The average molecular weight is 464 g/mol. The number of rotatable bonds is 8. The Morgan fingerprint density at radius 3 is 2.25 bits per heavy atom. The summed E-state index contributed by atoms with van der Waals surface area (Å²) in [6.07, 6.45) is 0.903. The molecule has 3 rings (SSSR count). The van der Waals surface area contributed by atoms with Crippen LogP contribution in [-0.4, -0.2) is 68.9 Å². The molecule has 2 aromatic carbocycles. The van der Waals surface area contributed by atoms with Gasteiger partial charge in [0.25, 0.3) is 0 Å². The number of hydrogen-bond donors (Lipinski definition) is 0. The molecule has 0 N–H and O–H groups in total. The molecular formula is C21H25N3O7S. The van der Waals surface area contributed by atoms with Crippen molar-refractivity contribution in [3.05, 3.63) is 58.1 Å². The van der Waals surface area contributed by atoms with E-state index in [-0.39, 0.29) is 42.7 Å². The molecule has 1 aliphatic heterocycles. The maximum absolute atomic E-state index is 13.0. The smallest absolute Gasteiger partial charge is 0.312 e. The molecule has 1 amide bonds. The summed E-state index contributed by atoms with van der Waals surface area (Å²) in [5, 5.41) is 11.2. The van der Waals surface area contributed by atoms with Gasteiger partial charge in [-0.1, -0.05) is 12.1 Å². The van der Waals surface area contributed by atoms with Crippen molar-refractivity contribution in [2.75, 3.05) is 40.4 Å². The van der Waals surface area contributed by atoms with Crippen LogP contribution in [0.5, 0.6) is 11.5 Å². The molecule has 0 aromatic heterocycles. The minimum Gasteiger partial charge on any atom is -0.497 e. The molecule has 32 heavy (non-hydrogen) atoms. The Bertz CT molecular complexity index is 1080. The molecule has 1 aliphatic rings. The van der Waals surface area contributed by atoms with Gasteiger partial charge in [-0.05, 0) is 36.2 Å². The SMILES string of the molecule is COc1ccc(CCC(=O)N2CCN(S(=O)(=O)c3ccc(OC)c([N+](=O)[O-])c3)CC2)cc1. The van der Waals surface area contributed by atoms with Gasteiger partial charge in [-0.3, -0.25) is 14.9 Å². The van der Waals surface area contributed by atoms with Crippen molar-refractivity contribution in [2.45, 2.75) is 17.7 Å². The second-order valence-corrected chi connectivity index (χ2v) is 9.16. The lowest BCUT2D eigenvalue weighted by Crippen LogP contribution is -2.50. The van der Waals surface area contributed by atoms with E-state index in [1.54, 1.807) is 12.0 Å². The number of nitro benzene ring substituents is 1. The predicted octanol–water partition coefficient (Wildman–Crippen LogP) is 2.08. The van der Waals surface area contributed by atoms with Gasteiger partial charge >= 0.3 is 5.69 Å². The third kappa shape index (κ3) is 5.17. The molecular weight excluding hydrogens is 438 g/mol. The van der Waals surface area contributed by atoms with E-state index >= 15 is 0 Å². The van der Waals surface area contributed by atoms with Crippen LogP contribution in [0.2, 0.25) is 0 Å². The van der Waals surface area contributed by atoms with E-state index in [1.807, 2.05) is 24.3 Å². The molecule has 1 fully saturated rings. The lowest BCUT2D eigenvalue weighted by Gasteiger charge is -2.34. The van der Waals surface area contributed by atoms with Gasteiger partial charge in [0.2, 0.25) is 15.9 Å². The molecule has 1 saturated heterocycles. The first-order chi connectivity index (χ1) is 15.3. The van der Waals surface area contributed by atoms with E-state index in [4.69, 9.17) is 9.47 Å². The number of sulfonamides is 1. The maximum Gasteiger partial charge on any atom is 0.312 e. The van der Waals surface area contributed by atoms with Gasteiger partial charge in [-0.15, -0.1) is 0 Å². The summed E-state index contributed by atoms with van der Waals surface area (Å²) in [5.41, 5.74) is 0.599. The van der Waals surface area contributed by atoms with Crippen molar-refractivity contribution in [3.63, 3.8) is 0 Å². The number of benzene rings is 2. The fraction of sp³-hybridized carbons (Fsp3) is 0.381. The Kier molecular flexibility index (Phi) is 7.31. The minimum atomic E-state index is -3.93. The van der Waals surface area contributed by atoms with Crippen molar-refractivity contribution in [1.82, 2.24) is 9.21 Å². The topological polar surface area (TPSA) is 119 Å². The van der Waals surface area contributed by atoms with E-state index in [2.05, 4.69) is 0 Å². The molecule has 0 saturated carbocycles. The maximum atomic E-state index is 13.0. The standard InChI is InChI=1S/C21H25N3O7S/c1-30-17-6-3-16(4-7-17)5-10-21(25)22-11-13-23(14-12-22)32(28,29)18-8-9-20(31-2)19(15-18)24(26)27/h3-4,6-9,15H,5,10-14H2,1-2H3. The van der Waals surface area contributed by atoms with Crippen molar-refractivity contribution < 1.29 is 27.6 Å². The number of aryl methyl sites for hydroxylation is 1. The third-order valence-electron chi connectivity index (χ3n) is 5.36. The molecule has 0 atom stereocenters. The fourth-order valence-electron chi connectivity index (χ4n) is 3.50. The lowest BCUT2D eigenvalue weighted by atomic mass is 10.1. The zero-order valence-corrected chi connectivity index (χ0v) is 18.7. The minimum absolute atomic E-state index is 0.0128. The van der Waals surface area contributed by atoms with Crippen molar-refractivity contribution in [2.24, 2.45) is 0 Å². The van der Waals surface area contributed by atoms with Crippen LogP contribution in [-0.2, 0) is 21.2 Å². The molecule has 1 heterocycles. The van der Waals surface area contributed by atoms with Crippen molar-refractivity contribution in [1.29, 1.82) is 0 Å². The molecule has 0 radical (unpaired) electrons. The first-order valence-corrected chi connectivity index (χ1v) is 11.4. The number of amides is 1. The number of ether oxygens (including phenoxy) is 2. The summed E-state index contributed by atoms with van der Waals surface area (Å²) < 4.78 is 37.2. The summed E-state index contributed by atoms with van der Waals surface area (Å²) >= 11 is 0. The van der Waals surface area contributed by atoms with Gasteiger partial charge in [-0.2, -0.15) is 4.31 Å². The molecule has 11 heteroatoms. The molecule has 0 aliphatic carbocycles. The largest absolute Gasteiger partial charge is 0.497 e. The molecule has 0 spiro atoms. The number of piperazine rings is 1. The highest BCUT2D eigenvalue weighted by atomic mass is 32.2. The summed E-state index contributed by atoms with van der Waals surface area (Å²) in [6.45, 7) is 0.769. The lowest BCUT2D eigenvalue weighted by molar-refractivity contribution is -0.386. The van der Waals surface area contributed by atoms with Gasteiger partial charge in [0.1, 0.15) is 5.75 Å². The van der Waals surface area contributed by atoms with Crippen LogP contribution in [0, 0.1) is 10.1 Å². The Morgan fingerprint density at radius 1 is 1.03 bits per heavy atom. The summed E-state index contributed by atoms with van der Waals surface area (Å²) in [4.78, 5) is 24.6. The number of methoxy groups -OCH3 is 2. The highest BCUT2D eigenvalue weighted by molar-refractivity contribution is 7.89. The molecule has 0 bridgehead atoms. The monoisotopic (exact) mass is 463 g/mol. The summed E-state index contributed by atoms with van der Waals surface area (Å²) in [6, 6.07) is 11.0. The second kappa shape index (κ2) is 9.96. The summed E-state index contributed by atoms with van der Waals surface area (Å²) in [5.74, 6) is 0.693. The van der Waals surface area contributed by atoms with Gasteiger partial charge in [-0.25, -0.2) is 8.42 Å². The van der Waals surface area contributed by atoms with Gasteiger partial charge in [0.05, 0.1) is 24.0 Å². The van der Waals surface area contributed by atoms with Crippen LogP contribution in [0.25, 0.3) is 0 Å². The Labute approximate surface area is 186 Å². The number of nitrogens with zero attached hydrogens (tertiary/aromatic N) is 3. The second-order valence-electron chi connectivity index (χ2n) is 7.22. The van der Waals surface area contributed by atoms with Crippen LogP contribution in [0.4, 0.5) is 5.69 Å². The van der Waals surface area contributed by atoms with Gasteiger partial charge in [0, 0.05) is 38.7 Å². The number of carbonyl (C=O) groups excluding carboxylic acids is 1. The van der Waals surface area contributed by atoms with Crippen LogP contribution in [0.3, 0.4) is 0 Å². The fourth-order valence-corrected chi connectivity index (χ4v) is 4.94. The normalized spacial score (nSPS) is 14.8. The van der Waals surface area contributed by atoms with Crippen LogP contribution < -0.4 is 9.47 Å². The molecule has 0 unspecified atom stereocenters. The molecule has 2 aromatic rings. The molecule has 172 valence electrons. The number of hydrogen-bond acceptors (Lipinski definition) is 7.